The van der Waals surface area contributed by atoms with Crippen LogP contribution in [0.5, 0.6) is 11.5 Å². The van der Waals surface area contributed by atoms with Crippen LogP contribution in [0.25, 0.3) is 22.3 Å². The number of hydrogen-bond donors (Lipinski definition) is 2. The summed E-state index contributed by atoms with van der Waals surface area (Å²) in [6.07, 6.45) is 2.98. The molecule has 0 spiro atoms. The van der Waals surface area contributed by atoms with Gasteiger partial charge in [0.25, 0.3) is 0 Å². The molecule has 19 heavy (non-hydrogen) atoms. The Morgan fingerprint density at radius 2 is 1.89 bits per heavy atom. The topological polar surface area (TPSA) is 83.6 Å². The average Bonchev–Trinajstić information content (AvgIpc) is 2.42. The molecule has 3 aromatic rings. The Hall–Kier alpha value is -2.82. The van der Waals surface area contributed by atoms with Crippen molar-refractivity contribution >= 4 is 11.0 Å². The fourth-order valence-electron chi connectivity index (χ4n) is 1.83. The SMILES string of the molecule is O=c1cc(-c2ccc(O)c(O)c2)oc2cnccc12. The molecular weight excluding hydrogens is 246 g/mol. The summed E-state index contributed by atoms with van der Waals surface area (Å²) in [5.74, 6) is -0.194. The summed E-state index contributed by atoms with van der Waals surface area (Å²) in [6.45, 7) is 0. The van der Waals surface area contributed by atoms with E-state index in [0.717, 1.165) is 0 Å². The first-order valence-electron chi connectivity index (χ1n) is 5.55. The number of rotatable bonds is 1. The lowest BCUT2D eigenvalue weighted by atomic mass is 10.1. The van der Waals surface area contributed by atoms with Gasteiger partial charge in [-0.05, 0) is 24.3 Å². The van der Waals surface area contributed by atoms with E-state index in [4.69, 9.17) is 4.42 Å². The predicted octanol–water partition coefficient (Wildman–Crippen LogP) is 2.27. The fraction of sp³-hybridized carbons (Fsp3) is 0. The second kappa shape index (κ2) is 4.13. The molecule has 0 aliphatic carbocycles. The summed E-state index contributed by atoms with van der Waals surface area (Å²) >= 11 is 0. The highest BCUT2D eigenvalue weighted by Gasteiger charge is 2.08. The van der Waals surface area contributed by atoms with Gasteiger partial charge in [0.1, 0.15) is 5.76 Å². The maximum atomic E-state index is 11.9. The van der Waals surface area contributed by atoms with E-state index >= 15 is 0 Å². The average molecular weight is 255 g/mol. The van der Waals surface area contributed by atoms with Crippen LogP contribution in [0.2, 0.25) is 0 Å². The maximum absolute atomic E-state index is 11.9. The molecule has 0 bridgehead atoms. The van der Waals surface area contributed by atoms with Crippen molar-refractivity contribution < 1.29 is 14.6 Å². The number of aromatic nitrogens is 1. The molecule has 0 atom stereocenters. The Morgan fingerprint density at radius 1 is 1.05 bits per heavy atom. The van der Waals surface area contributed by atoms with Gasteiger partial charge in [-0.15, -0.1) is 0 Å². The maximum Gasteiger partial charge on any atom is 0.193 e. The smallest absolute Gasteiger partial charge is 0.193 e. The van der Waals surface area contributed by atoms with E-state index < -0.39 is 0 Å². The van der Waals surface area contributed by atoms with Gasteiger partial charge in [-0.3, -0.25) is 9.78 Å². The van der Waals surface area contributed by atoms with E-state index in [0.29, 0.717) is 22.3 Å². The normalized spacial score (nSPS) is 10.7. The van der Waals surface area contributed by atoms with Gasteiger partial charge in [0.15, 0.2) is 22.5 Å². The monoisotopic (exact) mass is 255 g/mol. The minimum atomic E-state index is -0.272. The number of phenols is 2. The largest absolute Gasteiger partial charge is 0.504 e. The molecule has 3 rings (SSSR count). The van der Waals surface area contributed by atoms with Crippen molar-refractivity contribution in [2.45, 2.75) is 0 Å². The van der Waals surface area contributed by atoms with Crippen molar-refractivity contribution in [3.05, 3.63) is 52.9 Å². The minimum Gasteiger partial charge on any atom is -0.504 e. The zero-order valence-electron chi connectivity index (χ0n) is 9.70. The Kier molecular flexibility index (Phi) is 2.45. The third-order valence-corrected chi connectivity index (χ3v) is 2.79. The Labute approximate surface area is 107 Å². The van der Waals surface area contributed by atoms with E-state index in [2.05, 4.69) is 4.98 Å². The molecule has 0 amide bonds. The number of benzene rings is 1. The van der Waals surface area contributed by atoms with Gasteiger partial charge in [0, 0.05) is 17.8 Å². The van der Waals surface area contributed by atoms with Gasteiger partial charge in [-0.25, -0.2) is 0 Å². The Morgan fingerprint density at radius 3 is 2.68 bits per heavy atom. The van der Waals surface area contributed by atoms with Gasteiger partial charge in [-0.1, -0.05) is 0 Å². The fourth-order valence-corrected chi connectivity index (χ4v) is 1.83. The molecule has 1 aromatic carbocycles. The van der Waals surface area contributed by atoms with Gasteiger partial charge in [-0.2, -0.15) is 0 Å². The lowest BCUT2D eigenvalue weighted by Crippen LogP contribution is -2.00. The highest BCUT2D eigenvalue weighted by atomic mass is 16.3. The summed E-state index contributed by atoms with van der Waals surface area (Å²) in [4.78, 5) is 15.8. The number of hydrogen-bond acceptors (Lipinski definition) is 5. The predicted molar refractivity (Wildman–Crippen MR) is 69.0 cm³/mol. The van der Waals surface area contributed by atoms with E-state index in [-0.39, 0.29) is 16.9 Å². The van der Waals surface area contributed by atoms with Crippen molar-refractivity contribution in [1.29, 1.82) is 0 Å². The zero-order valence-corrected chi connectivity index (χ0v) is 9.70. The zero-order chi connectivity index (χ0) is 13.4. The first-order valence-corrected chi connectivity index (χ1v) is 5.55. The number of fused-ring (bicyclic) bond motifs is 1. The van der Waals surface area contributed by atoms with Gasteiger partial charge in [0.05, 0.1) is 11.6 Å². The van der Waals surface area contributed by atoms with Crippen molar-refractivity contribution in [3.8, 4) is 22.8 Å². The van der Waals surface area contributed by atoms with Crippen LogP contribution >= 0.6 is 0 Å². The van der Waals surface area contributed by atoms with Gasteiger partial charge < -0.3 is 14.6 Å². The van der Waals surface area contributed by atoms with Crippen molar-refractivity contribution in [1.82, 2.24) is 4.98 Å². The van der Waals surface area contributed by atoms with Gasteiger partial charge in [0.2, 0.25) is 0 Å². The summed E-state index contributed by atoms with van der Waals surface area (Å²) in [7, 11) is 0. The highest BCUT2D eigenvalue weighted by Crippen LogP contribution is 2.30. The molecule has 2 N–H and O–H groups in total. The quantitative estimate of drug-likeness (QED) is 0.651. The lowest BCUT2D eigenvalue weighted by molar-refractivity contribution is 0.404. The van der Waals surface area contributed by atoms with E-state index in [9.17, 15) is 15.0 Å². The second-order valence-corrected chi connectivity index (χ2v) is 4.05. The summed E-state index contributed by atoms with van der Waals surface area (Å²) in [5, 5.41) is 19.2. The second-order valence-electron chi connectivity index (χ2n) is 4.05. The molecule has 0 aliphatic heterocycles. The Bertz CT molecular complexity index is 823. The summed E-state index contributed by atoms with van der Waals surface area (Å²) < 4.78 is 5.57. The molecular formula is C14H9NO4. The molecule has 0 radical (unpaired) electrons. The molecule has 0 saturated heterocycles. The van der Waals surface area contributed by atoms with Crippen molar-refractivity contribution in [2.24, 2.45) is 0 Å². The number of aromatic hydroxyl groups is 2. The summed E-state index contributed by atoms with van der Waals surface area (Å²) in [6, 6.07) is 7.14. The standard InChI is InChI=1S/C14H9NO4/c16-10-2-1-8(5-12(10)18)13-6-11(17)9-3-4-15-7-14(9)19-13/h1-7,16,18H. The molecule has 0 aliphatic rings. The molecule has 94 valence electrons. The number of pyridine rings is 1. The van der Waals surface area contributed by atoms with Crippen LogP contribution in [0.3, 0.4) is 0 Å². The van der Waals surface area contributed by atoms with Crippen molar-refractivity contribution in [3.63, 3.8) is 0 Å². The van der Waals surface area contributed by atoms with Gasteiger partial charge >= 0.3 is 0 Å². The highest BCUT2D eigenvalue weighted by molar-refractivity contribution is 5.77. The molecule has 2 aromatic heterocycles. The van der Waals surface area contributed by atoms with Crippen LogP contribution in [0.1, 0.15) is 0 Å². The Balaban J connectivity index is 2.25. The van der Waals surface area contributed by atoms with Crippen LogP contribution in [0.4, 0.5) is 0 Å². The first-order chi connectivity index (χ1) is 9.15. The van der Waals surface area contributed by atoms with Crippen LogP contribution < -0.4 is 5.43 Å². The third-order valence-electron chi connectivity index (χ3n) is 2.79. The first kappa shape index (κ1) is 11.3. The van der Waals surface area contributed by atoms with E-state index in [1.807, 2.05) is 0 Å². The van der Waals surface area contributed by atoms with Crippen LogP contribution in [0.15, 0.2) is 51.9 Å². The molecule has 0 unspecified atom stereocenters. The minimum absolute atomic E-state index is 0.189. The molecule has 0 saturated carbocycles. The molecule has 0 fully saturated rings. The number of phenolic OH excluding ortho intramolecular Hbond substituents is 2. The van der Waals surface area contributed by atoms with Crippen LogP contribution in [0, 0.1) is 0 Å². The molecule has 2 heterocycles. The molecule has 5 heteroatoms. The van der Waals surface area contributed by atoms with E-state index in [1.54, 1.807) is 12.1 Å². The third kappa shape index (κ3) is 1.91. The van der Waals surface area contributed by atoms with E-state index in [1.165, 1.54) is 30.6 Å². The summed E-state index contributed by atoms with van der Waals surface area (Å²) in [5.41, 5.74) is 0.682. The number of nitrogens with zero attached hydrogens (tertiary/aromatic N) is 1. The van der Waals surface area contributed by atoms with Crippen LogP contribution in [-0.2, 0) is 0 Å². The molecule has 5 nitrogen and oxygen atoms in total. The van der Waals surface area contributed by atoms with Crippen LogP contribution in [-0.4, -0.2) is 15.2 Å². The van der Waals surface area contributed by atoms with Crippen molar-refractivity contribution in [2.75, 3.05) is 0 Å². The lowest BCUT2D eigenvalue weighted by Gasteiger charge is -2.04.